The maximum atomic E-state index is 12.3. The highest BCUT2D eigenvalue weighted by atomic mass is 32.1. The van der Waals surface area contributed by atoms with Crippen molar-refractivity contribution in [3.05, 3.63) is 90.6 Å². The zero-order chi connectivity index (χ0) is 21.7. The van der Waals surface area contributed by atoms with Crippen LogP contribution in [-0.4, -0.2) is 21.5 Å². The molecule has 0 aliphatic carbocycles. The van der Waals surface area contributed by atoms with E-state index in [2.05, 4.69) is 15.8 Å². The molecule has 1 aromatic heterocycles. The van der Waals surface area contributed by atoms with Crippen molar-refractivity contribution in [1.29, 1.82) is 0 Å². The van der Waals surface area contributed by atoms with E-state index in [9.17, 15) is 25.0 Å². The third-order valence-electron chi connectivity index (χ3n) is 3.95. The first kappa shape index (κ1) is 20.6. The van der Waals surface area contributed by atoms with Crippen molar-refractivity contribution < 1.29 is 14.6 Å². The Morgan fingerprint density at radius 3 is 2.33 bits per heavy atom. The minimum atomic E-state index is -0.725. The number of nitrogens with one attached hydrogen (secondary N) is 2. The van der Waals surface area contributed by atoms with Gasteiger partial charge in [-0.15, -0.1) is 11.3 Å². The maximum Gasteiger partial charge on any atom is 0.301 e. The molecular weight excluding hydrogens is 410 g/mol. The van der Waals surface area contributed by atoms with E-state index in [0.29, 0.717) is 21.2 Å². The fourth-order valence-electron chi connectivity index (χ4n) is 2.45. The lowest BCUT2D eigenvalue weighted by molar-refractivity contribution is -0.393. The van der Waals surface area contributed by atoms with Crippen molar-refractivity contribution >= 4 is 45.7 Å². The van der Waals surface area contributed by atoms with Crippen LogP contribution in [0.3, 0.4) is 0 Å². The fourth-order valence-corrected chi connectivity index (χ4v) is 3.29. The summed E-state index contributed by atoms with van der Waals surface area (Å²) in [5, 5.41) is 28.9. The molecule has 11 heteroatoms. The van der Waals surface area contributed by atoms with E-state index in [1.807, 2.05) is 18.2 Å². The number of benzene rings is 2. The molecule has 1 amide bonds. The van der Waals surface area contributed by atoms with E-state index < -0.39 is 15.5 Å². The Morgan fingerprint density at radius 2 is 1.67 bits per heavy atom. The van der Waals surface area contributed by atoms with Gasteiger partial charge in [0.25, 0.3) is 11.6 Å². The largest absolute Gasteiger partial charge is 0.321 e. The number of hydrazone groups is 1. The van der Waals surface area contributed by atoms with Crippen LogP contribution >= 0.6 is 11.3 Å². The second-order valence-corrected chi connectivity index (χ2v) is 7.09. The number of amides is 1. The number of non-ortho nitro benzene ring substituents is 1. The molecule has 3 rings (SSSR count). The lowest BCUT2D eigenvalue weighted by atomic mass is 10.2. The van der Waals surface area contributed by atoms with Gasteiger partial charge in [-0.1, -0.05) is 18.2 Å². The summed E-state index contributed by atoms with van der Waals surface area (Å²) in [5.41, 5.74) is 2.90. The molecule has 0 unspecified atom stereocenters. The molecule has 0 saturated carbocycles. The summed E-state index contributed by atoms with van der Waals surface area (Å²) in [6.07, 6.45) is 0. The number of nitro benzene ring substituents is 2. The van der Waals surface area contributed by atoms with Crippen LogP contribution in [0, 0.1) is 20.2 Å². The zero-order valence-electron chi connectivity index (χ0n) is 15.6. The number of hydrogen-bond donors (Lipinski definition) is 2. The van der Waals surface area contributed by atoms with Gasteiger partial charge < -0.3 is 5.32 Å². The van der Waals surface area contributed by atoms with E-state index in [0.717, 1.165) is 12.1 Å². The molecule has 0 radical (unpaired) electrons. The number of hydrogen-bond acceptors (Lipinski definition) is 8. The molecule has 10 nitrogen and oxygen atoms in total. The number of thiophene rings is 1. The number of rotatable bonds is 7. The van der Waals surface area contributed by atoms with E-state index in [4.69, 9.17) is 0 Å². The topological polar surface area (TPSA) is 140 Å². The number of anilines is 2. The van der Waals surface area contributed by atoms with Gasteiger partial charge >= 0.3 is 5.69 Å². The van der Waals surface area contributed by atoms with Crippen LogP contribution < -0.4 is 10.7 Å². The summed E-state index contributed by atoms with van der Waals surface area (Å²) < 4.78 is 0. The van der Waals surface area contributed by atoms with Gasteiger partial charge in [0.05, 0.1) is 31.4 Å². The van der Waals surface area contributed by atoms with Crippen molar-refractivity contribution in [2.75, 3.05) is 10.7 Å². The van der Waals surface area contributed by atoms with Crippen molar-refractivity contribution in [3.63, 3.8) is 0 Å². The number of nitro groups is 2. The predicted octanol–water partition coefficient (Wildman–Crippen LogP) is 4.65. The molecule has 0 atom stereocenters. The van der Waals surface area contributed by atoms with Crippen LogP contribution in [-0.2, 0) is 0 Å². The average molecular weight is 425 g/mol. The predicted molar refractivity (Wildman–Crippen MR) is 114 cm³/mol. The fraction of sp³-hybridized carbons (Fsp3) is 0.0526. The second-order valence-electron chi connectivity index (χ2n) is 6.01. The van der Waals surface area contributed by atoms with E-state index in [-0.39, 0.29) is 17.3 Å². The Bertz CT molecular complexity index is 1140. The minimum Gasteiger partial charge on any atom is -0.321 e. The molecule has 2 N–H and O–H groups in total. The molecule has 0 spiro atoms. The van der Waals surface area contributed by atoms with E-state index in [1.54, 1.807) is 31.2 Å². The summed E-state index contributed by atoms with van der Waals surface area (Å²) in [6, 6.07) is 15.6. The summed E-state index contributed by atoms with van der Waals surface area (Å²) >= 11 is 1.21. The Kier molecular flexibility index (Phi) is 6.13. The van der Waals surface area contributed by atoms with Crippen molar-refractivity contribution in [3.8, 4) is 0 Å². The first-order valence-electron chi connectivity index (χ1n) is 8.55. The molecule has 0 saturated heterocycles. The SMILES string of the molecule is C/C(=N\Nc1ccc([N+](=O)[O-])cc1[N+](=O)[O-])c1ccc(C(=O)Nc2ccccc2)s1. The van der Waals surface area contributed by atoms with Crippen LogP contribution in [0.2, 0.25) is 0 Å². The maximum absolute atomic E-state index is 12.3. The smallest absolute Gasteiger partial charge is 0.301 e. The molecule has 1 heterocycles. The van der Waals surface area contributed by atoms with Gasteiger partial charge in [0.2, 0.25) is 0 Å². The standard InChI is InChI=1S/C19H15N5O5S/c1-12(21-22-15-8-7-14(23(26)27)11-16(15)24(28)29)17-9-10-18(30-17)19(25)20-13-5-3-2-4-6-13/h2-11,22H,1H3,(H,20,25)/b21-12+. The number of para-hydroxylation sites is 1. The molecule has 0 bridgehead atoms. The molecule has 0 aliphatic rings. The third kappa shape index (κ3) is 4.83. The summed E-state index contributed by atoms with van der Waals surface area (Å²) in [6.45, 7) is 1.68. The monoisotopic (exact) mass is 425 g/mol. The first-order chi connectivity index (χ1) is 14.3. The van der Waals surface area contributed by atoms with Gasteiger partial charge in [0.1, 0.15) is 5.69 Å². The summed E-state index contributed by atoms with van der Waals surface area (Å²) in [4.78, 5) is 34.1. The Balaban J connectivity index is 1.75. The highest BCUT2D eigenvalue weighted by Gasteiger charge is 2.19. The van der Waals surface area contributed by atoms with Crippen LogP contribution in [0.1, 0.15) is 21.5 Å². The highest BCUT2D eigenvalue weighted by Crippen LogP contribution is 2.29. The molecule has 2 aromatic carbocycles. The zero-order valence-corrected chi connectivity index (χ0v) is 16.4. The van der Waals surface area contributed by atoms with E-state index in [1.165, 1.54) is 17.4 Å². The lowest BCUT2D eigenvalue weighted by Crippen LogP contribution is -2.09. The normalized spacial score (nSPS) is 11.0. The molecule has 0 aliphatic heterocycles. The summed E-state index contributed by atoms with van der Waals surface area (Å²) in [5.74, 6) is -0.260. The van der Waals surface area contributed by atoms with Gasteiger partial charge in [-0.3, -0.25) is 30.4 Å². The second kappa shape index (κ2) is 8.92. The molecule has 0 fully saturated rings. The van der Waals surface area contributed by atoms with Gasteiger partial charge in [-0.25, -0.2) is 0 Å². The van der Waals surface area contributed by atoms with Crippen molar-refractivity contribution in [1.82, 2.24) is 0 Å². The molecule has 152 valence electrons. The Morgan fingerprint density at radius 1 is 0.967 bits per heavy atom. The van der Waals surface area contributed by atoms with Crippen LogP contribution in [0.4, 0.5) is 22.7 Å². The Labute approximate surface area is 174 Å². The van der Waals surface area contributed by atoms with Crippen LogP contribution in [0.25, 0.3) is 0 Å². The molecule has 30 heavy (non-hydrogen) atoms. The number of nitrogens with zero attached hydrogens (tertiary/aromatic N) is 3. The molecular formula is C19H15N5O5S. The minimum absolute atomic E-state index is 0.0172. The average Bonchev–Trinajstić information content (AvgIpc) is 3.23. The van der Waals surface area contributed by atoms with Gasteiger partial charge in [0, 0.05) is 11.8 Å². The van der Waals surface area contributed by atoms with Crippen LogP contribution in [0.5, 0.6) is 0 Å². The van der Waals surface area contributed by atoms with Gasteiger partial charge in [0.15, 0.2) is 0 Å². The quantitative estimate of drug-likeness (QED) is 0.321. The van der Waals surface area contributed by atoms with Crippen molar-refractivity contribution in [2.24, 2.45) is 5.10 Å². The first-order valence-corrected chi connectivity index (χ1v) is 9.36. The van der Waals surface area contributed by atoms with Gasteiger partial charge in [-0.05, 0) is 37.3 Å². The number of carbonyl (C=O) groups excluding carboxylic acids is 1. The Hall–Kier alpha value is -4.12. The third-order valence-corrected chi connectivity index (χ3v) is 5.14. The van der Waals surface area contributed by atoms with Gasteiger partial charge in [-0.2, -0.15) is 5.10 Å². The lowest BCUT2D eigenvalue weighted by Gasteiger charge is -2.04. The van der Waals surface area contributed by atoms with Crippen LogP contribution in [0.15, 0.2) is 65.8 Å². The summed E-state index contributed by atoms with van der Waals surface area (Å²) in [7, 11) is 0. The van der Waals surface area contributed by atoms with Crippen molar-refractivity contribution in [2.45, 2.75) is 6.92 Å². The highest BCUT2D eigenvalue weighted by molar-refractivity contribution is 7.16. The molecule has 3 aromatic rings. The number of carbonyl (C=O) groups is 1. The van der Waals surface area contributed by atoms with E-state index >= 15 is 0 Å².